The Morgan fingerprint density at radius 2 is 1.84 bits per heavy atom. The predicted octanol–water partition coefficient (Wildman–Crippen LogP) is 3.16. The summed E-state index contributed by atoms with van der Waals surface area (Å²) in [4.78, 5) is 11.8. The van der Waals surface area contributed by atoms with Crippen molar-refractivity contribution in [2.45, 2.75) is 33.1 Å². The molecule has 2 rings (SSSR count). The van der Waals surface area contributed by atoms with Gasteiger partial charge in [-0.05, 0) is 32.2 Å². The van der Waals surface area contributed by atoms with Crippen molar-refractivity contribution in [3.8, 4) is 6.07 Å². The van der Waals surface area contributed by atoms with Crippen LogP contribution in [0.25, 0.3) is 0 Å². The molecule has 13 heteroatoms. The number of carbonyl (C=O) groups excluding carboxylic acids is 1. The van der Waals surface area contributed by atoms with Gasteiger partial charge in [0.15, 0.2) is 9.84 Å². The van der Waals surface area contributed by atoms with Crippen LogP contribution in [0, 0.1) is 11.3 Å². The van der Waals surface area contributed by atoms with Gasteiger partial charge in [0.1, 0.15) is 21.5 Å². The Labute approximate surface area is 189 Å². The molecule has 0 radical (unpaired) electrons. The third kappa shape index (κ3) is 4.93. The fraction of sp³-hybridized carbons (Fsp3) is 0.278. The van der Waals surface area contributed by atoms with Gasteiger partial charge < -0.3 is 4.74 Å². The number of nitrogens with zero attached hydrogens (tertiary/aromatic N) is 2. The Bertz CT molecular complexity index is 1260. The molecule has 0 fully saturated rings. The van der Waals surface area contributed by atoms with Gasteiger partial charge in [0.25, 0.3) is 5.04 Å². The third-order valence-electron chi connectivity index (χ3n) is 3.97. The summed E-state index contributed by atoms with van der Waals surface area (Å²) < 4.78 is 56.4. The zero-order valence-corrected chi connectivity index (χ0v) is 20.2. The summed E-state index contributed by atoms with van der Waals surface area (Å²) in [5, 5.41) is 11.3. The first-order chi connectivity index (χ1) is 14.5. The van der Waals surface area contributed by atoms with Crippen LogP contribution in [-0.4, -0.2) is 46.5 Å². The molecule has 0 aliphatic heterocycles. The lowest BCUT2D eigenvalue weighted by Gasteiger charge is -2.11. The van der Waals surface area contributed by atoms with Crippen LogP contribution in [0.1, 0.15) is 23.5 Å². The molecule has 0 unspecified atom stereocenters. The topological polar surface area (TPSA) is 143 Å². The molecule has 9 nitrogen and oxygen atoms in total. The van der Waals surface area contributed by atoms with Gasteiger partial charge in [-0.25, -0.2) is 21.6 Å². The lowest BCUT2D eigenvalue weighted by atomic mass is 10.4. The second-order valence-corrected chi connectivity index (χ2v) is 12.6. The molecule has 0 spiro atoms. The van der Waals surface area contributed by atoms with Crippen molar-refractivity contribution in [2.24, 2.45) is 5.10 Å². The van der Waals surface area contributed by atoms with Gasteiger partial charge in [0, 0.05) is 0 Å². The Morgan fingerprint density at radius 1 is 1.23 bits per heavy atom. The number of esters is 1. The number of ether oxygens (including phenoxy) is 1. The number of nitrogens with one attached hydrogen (secondary N) is 1. The minimum Gasteiger partial charge on any atom is -0.465 e. The smallest absolute Gasteiger partial charge is 0.350 e. The van der Waals surface area contributed by atoms with Crippen molar-refractivity contribution in [2.75, 3.05) is 18.8 Å². The minimum absolute atomic E-state index is 0.107. The molecule has 1 aromatic carbocycles. The van der Waals surface area contributed by atoms with E-state index in [1.807, 2.05) is 0 Å². The fourth-order valence-corrected chi connectivity index (χ4v) is 7.29. The second kappa shape index (κ2) is 9.82. The highest BCUT2D eigenvalue weighted by molar-refractivity contribution is 8.07. The molecule has 0 saturated heterocycles. The van der Waals surface area contributed by atoms with E-state index in [1.54, 1.807) is 12.3 Å². The number of nitriles is 1. The zero-order chi connectivity index (χ0) is 23.4. The average molecular weight is 502 g/mol. The Balaban J connectivity index is 2.71. The maximum atomic E-state index is 13.0. The number of rotatable bonds is 7. The first-order valence-electron chi connectivity index (χ1n) is 8.59. The van der Waals surface area contributed by atoms with E-state index in [1.165, 1.54) is 44.2 Å². The van der Waals surface area contributed by atoms with Crippen molar-refractivity contribution in [3.63, 3.8) is 0 Å². The number of thiophene rings is 1. The second-order valence-electron chi connectivity index (χ2n) is 6.17. The highest BCUT2D eigenvalue weighted by Gasteiger charge is 2.34. The van der Waals surface area contributed by atoms with Gasteiger partial charge in [-0.15, -0.1) is 23.1 Å². The maximum absolute atomic E-state index is 13.0. The van der Waals surface area contributed by atoms with E-state index in [2.05, 4.69) is 10.5 Å². The quantitative estimate of drug-likeness (QED) is 0.199. The number of carbonyl (C=O) groups is 1. The highest BCUT2D eigenvalue weighted by Crippen LogP contribution is 2.43. The molecule has 0 saturated carbocycles. The van der Waals surface area contributed by atoms with E-state index in [0.29, 0.717) is 4.21 Å². The number of hydrogen-bond acceptors (Lipinski definition) is 11. The zero-order valence-electron chi connectivity index (χ0n) is 16.9. The average Bonchev–Trinajstić information content (AvgIpc) is 3.13. The largest absolute Gasteiger partial charge is 0.465 e. The third-order valence-corrected chi connectivity index (χ3v) is 10.3. The normalized spacial score (nSPS) is 12.5. The van der Waals surface area contributed by atoms with Crippen LogP contribution >= 0.6 is 23.1 Å². The lowest BCUT2D eigenvalue weighted by molar-refractivity contribution is 0.0607. The van der Waals surface area contributed by atoms with Gasteiger partial charge in [-0.1, -0.05) is 18.2 Å². The summed E-state index contributed by atoms with van der Waals surface area (Å²) in [6.07, 6.45) is 1.64. The molecular weight excluding hydrogens is 482 g/mol. The van der Waals surface area contributed by atoms with E-state index in [4.69, 9.17) is 4.74 Å². The summed E-state index contributed by atoms with van der Waals surface area (Å²) in [5.74, 6) is -0.826. The van der Waals surface area contributed by atoms with E-state index >= 15 is 0 Å². The van der Waals surface area contributed by atoms with Crippen molar-refractivity contribution >= 4 is 59.5 Å². The number of hydrazone groups is 1. The molecule has 1 heterocycles. The Hall–Kier alpha value is -2.40. The van der Waals surface area contributed by atoms with E-state index < -0.39 is 35.9 Å². The van der Waals surface area contributed by atoms with Gasteiger partial charge in [-0.3, -0.25) is 5.43 Å². The molecular formula is C18H19N3O6S4. The molecule has 0 bridgehead atoms. The molecule has 0 atom stereocenters. The minimum atomic E-state index is -4.26. The first-order valence-corrected chi connectivity index (χ1v) is 13.7. The maximum Gasteiger partial charge on any atom is 0.350 e. The molecule has 1 N–H and O–H groups in total. The summed E-state index contributed by atoms with van der Waals surface area (Å²) in [7, 11) is -7.03. The van der Waals surface area contributed by atoms with Crippen molar-refractivity contribution < 1.29 is 26.4 Å². The number of benzene rings is 1. The van der Waals surface area contributed by atoms with Crippen molar-refractivity contribution in [3.05, 3.63) is 35.2 Å². The SMILES string of the molecule is COC(=O)c1sc(SC)c(S(=O)(=O)C(C)C)c1N/N=C(/C#N)S(=O)(=O)c1ccccc1. The number of thioether (sulfide) groups is 1. The molecule has 1 aromatic heterocycles. The van der Waals surface area contributed by atoms with E-state index in [0.717, 1.165) is 30.2 Å². The van der Waals surface area contributed by atoms with Crippen LogP contribution in [-0.2, 0) is 24.4 Å². The molecule has 31 heavy (non-hydrogen) atoms. The lowest BCUT2D eigenvalue weighted by Crippen LogP contribution is -2.18. The first kappa shape index (κ1) is 24.9. The predicted molar refractivity (Wildman–Crippen MR) is 120 cm³/mol. The van der Waals surface area contributed by atoms with Crippen LogP contribution in [0.5, 0.6) is 0 Å². The summed E-state index contributed by atoms with van der Waals surface area (Å²) in [5.41, 5.74) is 2.11. The van der Waals surface area contributed by atoms with Crippen LogP contribution < -0.4 is 5.43 Å². The Kier molecular flexibility index (Phi) is 7.87. The number of sulfone groups is 2. The number of hydrogen-bond donors (Lipinski definition) is 1. The Morgan fingerprint density at radius 3 is 2.32 bits per heavy atom. The van der Waals surface area contributed by atoms with Crippen LogP contribution in [0.2, 0.25) is 0 Å². The molecule has 0 aliphatic rings. The van der Waals surface area contributed by atoms with Crippen LogP contribution in [0.4, 0.5) is 5.69 Å². The van der Waals surface area contributed by atoms with Gasteiger partial charge in [-0.2, -0.15) is 10.4 Å². The molecule has 0 amide bonds. The summed E-state index contributed by atoms with van der Waals surface area (Å²) in [6.45, 7) is 2.95. The van der Waals surface area contributed by atoms with Crippen LogP contribution in [0.3, 0.4) is 0 Å². The summed E-state index contributed by atoms with van der Waals surface area (Å²) >= 11 is 1.98. The highest BCUT2D eigenvalue weighted by atomic mass is 32.2. The molecule has 2 aromatic rings. The standard InChI is InChI=1S/C18H19N3O6S4/c1-11(2)30(23,24)16-14(15(17(22)27-3)29-18(16)28-4)21-20-13(10-19)31(25,26)12-8-6-5-7-9-12/h5-9,11,21H,1-4H3/b20-13-. The van der Waals surface area contributed by atoms with E-state index in [-0.39, 0.29) is 20.4 Å². The van der Waals surface area contributed by atoms with Gasteiger partial charge in [0.2, 0.25) is 9.84 Å². The van der Waals surface area contributed by atoms with Crippen molar-refractivity contribution in [1.29, 1.82) is 5.26 Å². The molecule has 0 aliphatic carbocycles. The van der Waals surface area contributed by atoms with Gasteiger partial charge >= 0.3 is 5.97 Å². The van der Waals surface area contributed by atoms with Crippen molar-refractivity contribution in [1.82, 2.24) is 0 Å². The molecule has 166 valence electrons. The van der Waals surface area contributed by atoms with Crippen LogP contribution in [0.15, 0.2) is 49.4 Å². The van der Waals surface area contributed by atoms with E-state index in [9.17, 15) is 26.9 Å². The number of anilines is 1. The summed E-state index contributed by atoms with van der Waals surface area (Å²) in [6, 6.07) is 8.69. The fourth-order valence-electron chi connectivity index (χ4n) is 2.32. The monoisotopic (exact) mass is 501 g/mol. The van der Waals surface area contributed by atoms with Gasteiger partial charge in [0.05, 0.1) is 21.5 Å². The number of methoxy groups -OCH3 is 1.